The highest BCUT2D eigenvalue weighted by Gasteiger charge is 2.13. The van der Waals surface area contributed by atoms with Crippen LogP contribution >= 0.6 is 11.3 Å². The fourth-order valence-corrected chi connectivity index (χ4v) is 4.34. The van der Waals surface area contributed by atoms with Crippen LogP contribution in [-0.4, -0.2) is 27.7 Å². The predicted octanol–water partition coefficient (Wildman–Crippen LogP) is 4.86. The molecular weight excluding hydrogens is 378 g/mol. The normalized spacial score (nSPS) is 12.2. The Bertz CT molecular complexity index is 1060. The summed E-state index contributed by atoms with van der Waals surface area (Å²) < 4.78 is 0. The smallest absolute Gasteiger partial charge is 0.138 e. The van der Waals surface area contributed by atoms with Gasteiger partial charge in [0.1, 0.15) is 16.5 Å². The van der Waals surface area contributed by atoms with Crippen LogP contribution in [0, 0.1) is 0 Å². The number of anilines is 1. The van der Waals surface area contributed by atoms with Crippen molar-refractivity contribution in [2.24, 2.45) is 0 Å². The molecule has 4 aromatic rings. The second-order valence-electron chi connectivity index (χ2n) is 7.16. The Morgan fingerprint density at radius 1 is 0.966 bits per heavy atom. The van der Waals surface area contributed by atoms with Gasteiger partial charge in [0.25, 0.3) is 0 Å². The lowest BCUT2D eigenvalue weighted by atomic mass is 10.1. The Balaban J connectivity index is 1.55. The summed E-state index contributed by atoms with van der Waals surface area (Å²) in [4.78, 5) is 11.9. The summed E-state index contributed by atoms with van der Waals surface area (Å²) in [5.74, 6) is 1.61. The van der Waals surface area contributed by atoms with Crippen molar-refractivity contribution in [3.63, 3.8) is 0 Å². The van der Waals surface area contributed by atoms with Crippen LogP contribution in [0.25, 0.3) is 10.2 Å². The molecule has 0 radical (unpaired) electrons. The molecule has 4 rings (SSSR count). The second kappa shape index (κ2) is 9.16. The van der Waals surface area contributed by atoms with Crippen molar-refractivity contribution in [2.75, 3.05) is 11.9 Å². The van der Waals surface area contributed by atoms with E-state index in [-0.39, 0.29) is 0 Å². The van der Waals surface area contributed by atoms with Crippen LogP contribution in [0.5, 0.6) is 0 Å². The minimum Gasteiger partial charge on any atom is -0.391 e. The third-order valence-corrected chi connectivity index (χ3v) is 6.04. The number of thiophene rings is 1. The average Bonchev–Trinajstić information content (AvgIpc) is 3.17. The lowest BCUT2D eigenvalue weighted by Crippen LogP contribution is -2.22. The minimum atomic E-state index is -0.482. The van der Waals surface area contributed by atoms with Gasteiger partial charge in [-0.05, 0) is 23.6 Å². The molecule has 5 heteroatoms. The van der Waals surface area contributed by atoms with E-state index in [4.69, 9.17) is 9.97 Å². The van der Waals surface area contributed by atoms with E-state index in [2.05, 4.69) is 30.4 Å². The van der Waals surface area contributed by atoms with E-state index in [0.717, 1.165) is 33.8 Å². The van der Waals surface area contributed by atoms with Gasteiger partial charge in [-0.2, -0.15) is 0 Å². The van der Waals surface area contributed by atoms with Gasteiger partial charge in [-0.1, -0.05) is 67.6 Å². The van der Waals surface area contributed by atoms with Gasteiger partial charge < -0.3 is 10.4 Å². The molecule has 0 aliphatic rings. The zero-order valence-corrected chi connectivity index (χ0v) is 17.3. The van der Waals surface area contributed by atoms with E-state index in [1.54, 1.807) is 11.3 Å². The number of fused-ring (bicyclic) bond motifs is 1. The lowest BCUT2D eigenvalue weighted by molar-refractivity contribution is 0.188. The Hall–Kier alpha value is -2.76. The van der Waals surface area contributed by atoms with Gasteiger partial charge in [0.15, 0.2) is 0 Å². The van der Waals surface area contributed by atoms with Crippen molar-refractivity contribution in [2.45, 2.75) is 32.3 Å². The van der Waals surface area contributed by atoms with Gasteiger partial charge in [-0.3, -0.25) is 0 Å². The fourth-order valence-electron chi connectivity index (χ4n) is 3.35. The molecule has 1 unspecified atom stereocenters. The van der Waals surface area contributed by atoms with E-state index < -0.39 is 6.10 Å². The largest absolute Gasteiger partial charge is 0.391 e. The maximum atomic E-state index is 10.5. The van der Waals surface area contributed by atoms with E-state index in [1.807, 2.05) is 48.5 Å². The van der Waals surface area contributed by atoms with Crippen LogP contribution in [0.2, 0.25) is 0 Å². The highest BCUT2D eigenvalue weighted by molar-refractivity contribution is 7.18. The molecule has 2 heterocycles. The second-order valence-corrected chi connectivity index (χ2v) is 8.28. The van der Waals surface area contributed by atoms with Gasteiger partial charge in [-0.15, -0.1) is 11.3 Å². The molecule has 4 nitrogen and oxygen atoms in total. The summed E-state index contributed by atoms with van der Waals surface area (Å²) in [6.45, 7) is 2.60. The summed E-state index contributed by atoms with van der Waals surface area (Å²) in [5.41, 5.74) is 2.32. The van der Waals surface area contributed by atoms with E-state index in [9.17, 15) is 5.11 Å². The maximum Gasteiger partial charge on any atom is 0.138 e. The molecule has 0 saturated carbocycles. The van der Waals surface area contributed by atoms with E-state index >= 15 is 0 Å². The SMILES string of the molecule is CCc1cc2c(NCC(O)Cc3ccccc3)nc(Cc3ccccc3)nc2s1. The molecule has 0 bridgehead atoms. The first kappa shape index (κ1) is 19.6. The number of nitrogens with one attached hydrogen (secondary N) is 1. The molecular formula is C24H25N3OS. The van der Waals surface area contributed by atoms with Crippen LogP contribution < -0.4 is 5.32 Å². The summed E-state index contributed by atoms with van der Waals surface area (Å²) in [6, 6.07) is 22.5. The summed E-state index contributed by atoms with van der Waals surface area (Å²) in [5, 5.41) is 14.9. The number of hydrogen-bond donors (Lipinski definition) is 2. The zero-order valence-electron chi connectivity index (χ0n) is 16.5. The fraction of sp³-hybridized carbons (Fsp3) is 0.250. The third kappa shape index (κ3) is 5.00. The zero-order chi connectivity index (χ0) is 20.1. The molecule has 29 heavy (non-hydrogen) atoms. The Labute approximate surface area is 175 Å². The molecule has 0 aliphatic heterocycles. The molecule has 0 aliphatic carbocycles. The van der Waals surface area contributed by atoms with Crippen molar-refractivity contribution in [3.8, 4) is 0 Å². The first-order chi connectivity index (χ1) is 14.2. The number of benzene rings is 2. The van der Waals surface area contributed by atoms with Crippen LogP contribution in [0.15, 0.2) is 66.7 Å². The molecule has 0 fully saturated rings. The topological polar surface area (TPSA) is 58.0 Å². The predicted molar refractivity (Wildman–Crippen MR) is 121 cm³/mol. The number of nitrogens with zero attached hydrogens (tertiary/aromatic N) is 2. The van der Waals surface area contributed by atoms with Crippen LogP contribution in [0.4, 0.5) is 5.82 Å². The van der Waals surface area contributed by atoms with Gasteiger partial charge in [0, 0.05) is 24.3 Å². The van der Waals surface area contributed by atoms with Gasteiger partial charge in [0.05, 0.1) is 11.5 Å². The minimum absolute atomic E-state index is 0.448. The molecule has 1 atom stereocenters. The Kier molecular flexibility index (Phi) is 6.17. The quantitative estimate of drug-likeness (QED) is 0.441. The van der Waals surface area contributed by atoms with Crippen molar-refractivity contribution >= 4 is 27.4 Å². The maximum absolute atomic E-state index is 10.5. The lowest BCUT2D eigenvalue weighted by Gasteiger charge is -2.14. The first-order valence-corrected chi connectivity index (χ1v) is 10.8. The molecule has 2 N–H and O–H groups in total. The molecule has 2 aromatic heterocycles. The molecule has 148 valence electrons. The average molecular weight is 404 g/mol. The van der Waals surface area contributed by atoms with Crippen LogP contribution in [0.1, 0.15) is 28.8 Å². The van der Waals surface area contributed by atoms with Gasteiger partial charge in [0.2, 0.25) is 0 Å². The van der Waals surface area contributed by atoms with Crippen LogP contribution in [0.3, 0.4) is 0 Å². The number of rotatable bonds is 8. The molecule has 0 amide bonds. The number of aliphatic hydroxyl groups excluding tert-OH is 1. The Morgan fingerprint density at radius 2 is 1.66 bits per heavy atom. The number of aliphatic hydroxyl groups is 1. The summed E-state index contributed by atoms with van der Waals surface area (Å²) >= 11 is 1.72. The van der Waals surface area contributed by atoms with Crippen molar-refractivity contribution in [1.82, 2.24) is 9.97 Å². The highest BCUT2D eigenvalue weighted by atomic mass is 32.1. The van der Waals surface area contributed by atoms with E-state index in [1.165, 1.54) is 10.4 Å². The van der Waals surface area contributed by atoms with E-state index in [0.29, 0.717) is 19.4 Å². The van der Waals surface area contributed by atoms with Crippen LogP contribution in [-0.2, 0) is 19.3 Å². The van der Waals surface area contributed by atoms with Gasteiger partial charge in [-0.25, -0.2) is 9.97 Å². The standard InChI is InChI=1S/C24H25N3OS/c1-2-20-15-21-23(25-16-19(28)13-17-9-5-3-6-10-17)26-22(27-24(21)29-20)14-18-11-7-4-8-12-18/h3-12,15,19,28H,2,13-14,16H2,1H3,(H,25,26,27). The summed E-state index contributed by atoms with van der Waals surface area (Å²) in [6.07, 6.45) is 1.80. The molecule has 0 spiro atoms. The molecule has 2 aromatic carbocycles. The molecule has 0 saturated heterocycles. The number of aryl methyl sites for hydroxylation is 1. The van der Waals surface area contributed by atoms with Crippen molar-refractivity contribution in [1.29, 1.82) is 0 Å². The third-order valence-electron chi connectivity index (χ3n) is 4.86. The van der Waals surface area contributed by atoms with Crippen molar-refractivity contribution in [3.05, 3.63) is 88.6 Å². The monoisotopic (exact) mass is 403 g/mol. The van der Waals surface area contributed by atoms with Gasteiger partial charge >= 0.3 is 0 Å². The first-order valence-electron chi connectivity index (χ1n) is 10.0. The number of hydrogen-bond acceptors (Lipinski definition) is 5. The highest BCUT2D eigenvalue weighted by Crippen LogP contribution is 2.30. The van der Waals surface area contributed by atoms with Crippen molar-refractivity contribution < 1.29 is 5.11 Å². The summed E-state index contributed by atoms with van der Waals surface area (Å²) in [7, 11) is 0. The Morgan fingerprint density at radius 3 is 2.34 bits per heavy atom. The number of aromatic nitrogens is 2.